The highest BCUT2D eigenvalue weighted by molar-refractivity contribution is 5.74. The Labute approximate surface area is 186 Å². The van der Waals surface area contributed by atoms with E-state index in [-0.39, 0.29) is 35.3 Å². The molecule has 0 bridgehead atoms. The summed E-state index contributed by atoms with van der Waals surface area (Å²) in [4.78, 5) is 35.4. The van der Waals surface area contributed by atoms with E-state index < -0.39 is 0 Å². The Bertz CT molecular complexity index is 754. The molecular weight excluding hydrogens is 392 g/mol. The second-order valence-electron chi connectivity index (χ2n) is 11.4. The Kier molecular flexibility index (Phi) is 5.89. The van der Waals surface area contributed by atoms with Crippen LogP contribution in [0.2, 0.25) is 0 Å². The molecule has 4 aliphatic rings. The van der Waals surface area contributed by atoms with Crippen LogP contribution in [0, 0.1) is 34.5 Å². The van der Waals surface area contributed by atoms with Crippen LogP contribution in [-0.4, -0.2) is 36.0 Å². The molecular formula is C25H40N2O4. The molecule has 4 rings (SSSR count). The van der Waals surface area contributed by atoms with Crippen molar-refractivity contribution in [2.75, 3.05) is 0 Å². The Morgan fingerprint density at radius 2 is 1.48 bits per heavy atom. The summed E-state index contributed by atoms with van der Waals surface area (Å²) >= 11 is 0. The van der Waals surface area contributed by atoms with Crippen molar-refractivity contribution in [2.45, 2.75) is 104 Å². The van der Waals surface area contributed by atoms with E-state index >= 15 is 0 Å². The Morgan fingerprint density at radius 3 is 2.13 bits per heavy atom. The third-order valence-corrected chi connectivity index (χ3v) is 9.72. The molecule has 0 aromatic carbocycles. The largest absolute Gasteiger partial charge is 0.460 e. The van der Waals surface area contributed by atoms with Crippen LogP contribution in [0.4, 0.5) is 0 Å². The van der Waals surface area contributed by atoms with Gasteiger partial charge < -0.3 is 15.4 Å². The van der Waals surface area contributed by atoms with Gasteiger partial charge in [0.2, 0.25) is 11.8 Å². The lowest BCUT2D eigenvalue weighted by atomic mass is 9.45. The van der Waals surface area contributed by atoms with Crippen LogP contribution in [0.3, 0.4) is 0 Å². The van der Waals surface area contributed by atoms with E-state index in [2.05, 4.69) is 24.5 Å². The van der Waals surface area contributed by atoms with Crippen LogP contribution in [-0.2, 0) is 19.1 Å². The van der Waals surface area contributed by atoms with Gasteiger partial charge >= 0.3 is 5.97 Å². The number of fused-ring (bicyclic) bond motifs is 5. The van der Waals surface area contributed by atoms with Crippen molar-refractivity contribution in [2.24, 2.45) is 34.5 Å². The smallest absolute Gasteiger partial charge is 0.302 e. The fourth-order valence-electron chi connectivity index (χ4n) is 8.47. The molecule has 9 atom stereocenters. The number of ether oxygens (including phenoxy) is 1. The lowest BCUT2D eigenvalue weighted by Gasteiger charge is -2.60. The Hall–Kier alpha value is -1.59. The molecule has 9 unspecified atom stereocenters. The van der Waals surface area contributed by atoms with Crippen LogP contribution in [0.15, 0.2) is 0 Å². The van der Waals surface area contributed by atoms with Gasteiger partial charge in [-0.05, 0) is 80.5 Å². The molecule has 0 heterocycles. The Balaban J connectivity index is 1.56. The van der Waals surface area contributed by atoms with Crippen molar-refractivity contribution in [3.05, 3.63) is 0 Å². The number of rotatable bonds is 3. The maximum Gasteiger partial charge on any atom is 0.302 e. The first-order valence-corrected chi connectivity index (χ1v) is 12.3. The van der Waals surface area contributed by atoms with Gasteiger partial charge in [-0.25, -0.2) is 0 Å². The first kappa shape index (κ1) is 22.6. The summed E-state index contributed by atoms with van der Waals surface area (Å²) in [6, 6.07) is 0.237. The summed E-state index contributed by atoms with van der Waals surface area (Å²) in [5.41, 5.74) is 0.249. The maximum absolute atomic E-state index is 11.9. The topological polar surface area (TPSA) is 84.5 Å². The highest BCUT2D eigenvalue weighted by Crippen LogP contribution is 2.66. The number of carbonyl (C=O) groups is 3. The van der Waals surface area contributed by atoms with Gasteiger partial charge in [0.05, 0.1) is 6.04 Å². The summed E-state index contributed by atoms with van der Waals surface area (Å²) in [5, 5.41) is 6.28. The van der Waals surface area contributed by atoms with Gasteiger partial charge in [-0.3, -0.25) is 14.4 Å². The van der Waals surface area contributed by atoms with Crippen molar-refractivity contribution in [3.63, 3.8) is 0 Å². The number of hydrogen-bond donors (Lipinski definition) is 2. The van der Waals surface area contributed by atoms with Crippen molar-refractivity contribution < 1.29 is 19.1 Å². The molecule has 0 aromatic heterocycles. The van der Waals surface area contributed by atoms with Crippen molar-refractivity contribution in [1.29, 1.82) is 0 Å². The molecule has 0 radical (unpaired) electrons. The van der Waals surface area contributed by atoms with Crippen LogP contribution in [0.1, 0.15) is 86.0 Å². The zero-order valence-electron chi connectivity index (χ0n) is 19.8. The van der Waals surface area contributed by atoms with E-state index in [0.29, 0.717) is 35.1 Å². The van der Waals surface area contributed by atoms with Gasteiger partial charge in [-0.2, -0.15) is 0 Å². The van der Waals surface area contributed by atoms with Gasteiger partial charge in [0.15, 0.2) is 0 Å². The number of hydrogen-bond acceptors (Lipinski definition) is 4. The molecule has 2 amide bonds. The number of carbonyl (C=O) groups excluding carboxylic acids is 3. The van der Waals surface area contributed by atoms with E-state index in [1.54, 1.807) is 13.8 Å². The molecule has 0 spiro atoms. The first-order chi connectivity index (χ1) is 14.5. The summed E-state index contributed by atoms with van der Waals surface area (Å²) < 4.78 is 5.87. The molecule has 31 heavy (non-hydrogen) atoms. The van der Waals surface area contributed by atoms with Gasteiger partial charge in [0.1, 0.15) is 6.10 Å². The van der Waals surface area contributed by atoms with Crippen molar-refractivity contribution in [3.8, 4) is 0 Å². The maximum atomic E-state index is 11.9. The zero-order valence-corrected chi connectivity index (χ0v) is 19.8. The van der Waals surface area contributed by atoms with E-state index in [4.69, 9.17) is 4.74 Å². The van der Waals surface area contributed by atoms with Crippen molar-refractivity contribution >= 4 is 17.8 Å². The molecule has 0 saturated heterocycles. The van der Waals surface area contributed by atoms with E-state index in [0.717, 1.165) is 25.7 Å². The lowest BCUT2D eigenvalue weighted by Crippen LogP contribution is -2.56. The average Bonchev–Trinajstić information content (AvgIpc) is 2.92. The number of amides is 2. The monoisotopic (exact) mass is 432 g/mol. The fraction of sp³-hybridized carbons (Fsp3) is 0.880. The van der Waals surface area contributed by atoms with Crippen LogP contribution in [0.25, 0.3) is 0 Å². The molecule has 174 valence electrons. The second kappa shape index (κ2) is 8.08. The molecule has 6 nitrogen and oxygen atoms in total. The molecule has 0 aliphatic heterocycles. The SMILES string of the molecule is CC(=O)NC1CCC2(C)C(CCC3C2CCC2(C)C3CC(NC(C)=O)C2OC(C)=O)C1. The molecule has 4 aliphatic carbocycles. The highest BCUT2D eigenvalue weighted by Gasteiger charge is 2.63. The second-order valence-corrected chi connectivity index (χ2v) is 11.4. The quantitative estimate of drug-likeness (QED) is 0.668. The first-order valence-electron chi connectivity index (χ1n) is 12.3. The molecule has 4 fully saturated rings. The average molecular weight is 433 g/mol. The van der Waals surface area contributed by atoms with Crippen LogP contribution < -0.4 is 10.6 Å². The van der Waals surface area contributed by atoms with E-state index in [1.165, 1.54) is 32.6 Å². The summed E-state index contributed by atoms with van der Waals surface area (Å²) in [6.07, 6.45) is 8.65. The molecule has 4 saturated carbocycles. The summed E-state index contributed by atoms with van der Waals surface area (Å²) in [7, 11) is 0. The lowest BCUT2D eigenvalue weighted by molar-refractivity contribution is -0.163. The summed E-state index contributed by atoms with van der Waals surface area (Å²) in [6.45, 7) is 9.46. The fourth-order valence-corrected chi connectivity index (χ4v) is 8.47. The van der Waals surface area contributed by atoms with Gasteiger partial charge in [0.25, 0.3) is 0 Å². The number of nitrogens with one attached hydrogen (secondary N) is 2. The van der Waals surface area contributed by atoms with Gasteiger partial charge in [-0.1, -0.05) is 13.8 Å². The third-order valence-electron chi connectivity index (χ3n) is 9.72. The minimum absolute atomic E-state index is 0.0482. The minimum atomic E-state index is -0.253. The Morgan fingerprint density at radius 1 is 0.806 bits per heavy atom. The standard InChI is InChI=1S/C25H40N2O4/c1-14(28)26-18-8-10-24(4)17(12-18)6-7-19-20(24)9-11-25(5)21(19)13-22(27-15(2)29)23(25)31-16(3)30/h17-23H,6-13H2,1-5H3,(H,26,28)(H,27,29). The molecule has 6 heteroatoms. The normalized spacial score (nSPS) is 46.2. The molecule has 2 N–H and O–H groups in total. The number of esters is 1. The predicted molar refractivity (Wildman–Crippen MR) is 118 cm³/mol. The third kappa shape index (κ3) is 3.89. The van der Waals surface area contributed by atoms with E-state index in [1.807, 2.05) is 0 Å². The predicted octanol–water partition coefficient (Wildman–Crippen LogP) is 3.58. The van der Waals surface area contributed by atoms with E-state index in [9.17, 15) is 14.4 Å². The summed E-state index contributed by atoms with van der Waals surface area (Å²) in [5.74, 6) is 2.22. The van der Waals surface area contributed by atoms with Crippen LogP contribution >= 0.6 is 0 Å². The zero-order chi connectivity index (χ0) is 22.6. The van der Waals surface area contributed by atoms with Gasteiger partial charge in [-0.15, -0.1) is 0 Å². The molecule has 0 aromatic rings. The highest BCUT2D eigenvalue weighted by atomic mass is 16.5. The minimum Gasteiger partial charge on any atom is -0.460 e. The van der Waals surface area contributed by atoms with Crippen molar-refractivity contribution in [1.82, 2.24) is 10.6 Å². The van der Waals surface area contributed by atoms with Crippen LogP contribution in [0.5, 0.6) is 0 Å². The van der Waals surface area contributed by atoms with Gasteiger partial charge in [0, 0.05) is 32.2 Å².